The minimum atomic E-state index is -0.408. The molecule has 12 heavy (non-hydrogen) atoms. The van der Waals surface area contributed by atoms with Gasteiger partial charge in [-0.05, 0) is 33.6 Å². The van der Waals surface area contributed by atoms with Gasteiger partial charge in [0.05, 0.1) is 0 Å². The summed E-state index contributed by atoms with van der Waals surface area (Å²) in [5.74, 6) is 0. The summed E-state index contributed by atoms with van der Waals surface area (Å²) in [5, 5.41) is 2.67. The number of carbonyl (C=O) groups excluding carboxylic acids is 1. The molecular weight excluding hydrogens is 154 g/mol. The van der Waals surface area contributed by atoms with Crippen molar-refractivity contribution in [2.75, 3.05) is 0 Å². The quantitative estimate of drug-likeness (QED) is 0.653. The number of allylic oxidation sites excluding steroid dienone is 2. The topological polar surface area (TPSA) is 38.3 Å². The van der Waals surface area contributed by atoms with Gasteiger partial charge in [0, 0.05) is 5.70 Å². The molecule has 0 spiro atoms. The van der Waals surface area contributed by atoms with E-state index in [1.807, 2.05) is 26.8 Å². The number of ether oxygens (including phenoxy) is 1. The van der Waals surface area contributed by atoms with Crippen LogP contribution in [0.3, 0.4) is 0 Å². The van der Waals surface area contributed by atoms with Crippen molar-refractivity contribution in [3.05, 3.63) is 11.8 Å². The molecule has 0 saturated carbocycles. The van der Waals surface area contributed by atoms with Crippen LogP contribution in [0.1, 0.15) is 33.6 Å². The van der Waals surface area contributed by atoms with E-state index < -0.39 is 5.60 Å². The lowest BCUT2D eigenvalue weighted by atomic mass is 10.1. The van der Waals surface area contributed by atoms with Crippen LogP contribution in [0.25, 0.3) is 0 Å². The zero-order valence-electron chi connectivity index (χ0n) is 7.81. The Balaban J connectivity index is 2.29. The summed E-state index contributed by atoms with van der Waals surface area (Å²) in [6.07, 6.45) is 3.65. The van der Waals surface area contributed by atoms with Crippen LogP contribution in [0.4, 0.5) is 4.79 Å². The molecule has 1 aliphatic rings. The largest absolute Gasteiger partial charge is 0.444 e. The molecule has 0 aromatic heterocycles. The maximum atomic E-state index is 11.1. The first-order valence-corrected chi connectivity index (χ1v) is 4.16. The van der Waals surface area contributed by atoms with Crippen LogP contribution in [0.2, 0.25) is 0 Å². The zero-order valence-corrected chi connectivity index (χ0v) is 7.81. The molecule has 0 radical (unpaired) electrons. The molecule has 1 amide bonds. The van der Waals surface area contributed by atoms with Gasteiger partial charge in [0.1, 0.15) is 5.60 Å². The third-order valence-corrected chi connectivity index (χ3v) is 1.47. The normalized spacial score (nSPS) is 16.1. The first-order chi connectivity index (χ1) is 5.47. The number of hydrogen-bond donors (Lipinski definition) is 1. The highest BCUT2D eigenvalue weighted by Crippen LogP contribution is 2.15. The maximum absolute atomic E-state index is 11.1. The van der Waals surface area contributed by atoms with Crippen molar-refractivity contribution in [1.82, 2.24) is 5.32 Å². The first kappa shape index (κ1) is 9.10. The minimum absolute atomic E-state index is 0.353. The summed E-state index contributed by atoms with van der Waals surface area (Å²) in [6.45, 7) is 5.55. The molecule has 3 heteroatoms. The molecule has 1 aliphatic carbocycles. The van der Waals surface area contributed by atoms with Gasteiger partial charge >= 0.3 is 6.09 Å². The first-order valence-electron chi connectivity index (χ1n) is 4.16. The molecular formula is C9H15NO2. The molecule has 0 aliphatic heterocycles. The lowest BCUT2D eigenvalue weighted by Gasteiger charge is -2.22. The molecule has 3 nitrogen and oxygen atoms in total. The van der Waals surface area contributed by atoms with Crippen molar-refractivity contribution in [2.24, 2.45) is 0 Å². The average Bonchev–Trinajstić information content (AvgIpc) is 1.74. The van der Waals surface area contributed by atoms with Gasteiger partial charge < -0.3 is 4.74 Å². The van der Waals surface area contributed by atoms with Crippen molar-refractivity contribution in [1.29, 1.82) is 0 Å². The second-order valence-electron chi connectivity index (χ2n) is 3.89. The van der Waals surface area contributed by atoms with Gasteiger partial charge in [0.25, 0.3) is 0 Å². The Morgan fingerprint density at radius 3 is 2.50 bits per heavy atom. The van der Waals surface area contributed by atoms with Crippen LogP contribution in [-0.2, 0) is 4.74 Å². The van der Waals surface area contributed by atoms with E-state index in [0.29, 0.717) is 0 Å². The molecule has 0 fully saturated rings. The molecule has 0 atom stereocenters. The van der Waals surface area contributed by atoms with Crippen molar-refractivity contribution in [2.45, 2.75) is 39.2 Å². The smallest absolute Gasteiger partial charge is 0.411 e. The van der Waals surface area contributed by atoms with Crippen LogP contribution in [0, 0.1) is 0 Å². The Kier molecular flexibility index (Phi) is 2.40. The number of rotatable bonds is 1. The van der Waals surface area contributed by atoms with Crippen LogP contribution in [0.15, 0.2) is 11.8 Å². The Morgan fingerprint density at radius 1 is 1.58 bits per heavy atom. The van der Waals surface area contributed by atoms with Crippen LogP contribution >= 0.6 is 0 Å². The predicted molar refractivity (Wildman–Crippen MR) is 46.7 cm³/mol. The molecule has 0 aromatic carbocycles. The summed E-state index contributed by atoms with van der Waals surface area (Å²) in [7, 11) is 0. The van der Waals surface area contributed by atoms with Crippen LogP contribution in [-0.4, -0.2) is 11.7 Å². The van der Waals surface area contributed by atoms with E-state index in [1.165, 1.54) is 0 Å². The standard InChI is InChI=1S/C9H15NO2/c1-9(2,3)12-8(11)10-7-5-4-6-7/h5H,4,6H2,1-3H3,(H,10,11). The van der Waals surface area contributed by atoms with Gasteiger partial charge in [-0.2, -0.15) is 0 Å². The highest BCUT2D eigenvalue weighted by molar-refractivity contribution is 5.70. The third-order valence-electron chi connectivity index (χ3n) is 1.47. The van der Waals surface area contributed by atoms with Crippen molar-refractivity contribution in [3.8, 4) is 0 Å². The number of hydrogen-bond acceptors (Lipinski definition) is 2. The molecule has 0 heterocycles. The van der Waals surface area contributed by atoms with Crippen LogP contribution < -0.4 is 5.32 Å². The number of amides is 1. The molecule has 0 unspecified atom stereocenters. The Bertz CT molecular complexity index is 213. The van der Waals surface area contributed by atoms with Gasteiger partial charge in [0.2, 0.25) is 0 Å². The van der Waals surface area contributed by atoms with Gasteiger partial charge in [-0.1, -0.05) is 6.08 Å². The minimum Gasteiger partial charge on any atom is -0.444 e. The highest BCUT2D eigenvalue weighted by atomic mass is 16.6. The van der Waals surface area contributed by atoms with Gasteiger partial charge in [-0.15, -0.1) is 0 Å². The van der Waals surface area contributed by atoms with Crippen molar-refractivity contribution in [3.63, 3.8) is 0 Å². The Hall–Kier alpha value is -0.990. The molecule has 1 rings (SSSR count). The van der Waals surface area contributed by atoms with Crippen LogP contribution in [0.5, 0.6) is 0 Å². The lowest BCUT2D eigenvalue weighted by molar-refractivity contribution is 0.0542. The van der Waals surface area contributed by atoms with Gasteiger partial charge in [-0.25, -0.2) is 4.79 Å². The summed E-state index contributed by atoms with van der Waals surface area (Å²) >= 11 is 0. The number of nitrogens with one attached hydrogen (secondary N) is 1. The average molecular weight is 169 g/mol. The van der Waals surface area contributed by atoms with Gasteiger partial charge in [-0.3, -0.25) is 5.32 Å². The SMILES string of the molecule is CC(C)(C)OC(=O)NC1=CCC1. The monoisotopic (exact) mass is 169 g/mol. The zero-order chi connectivity index (χ0) is 9.19. The molecule has 68 valence electrons. The molecule has 0 bridgehead atoms. The summed E-state index contributed by atoms with van der Waals surface area (Å²) in [4.78, 5) is 11.1. The van der Waals surface area contributed by atoms with Crippen molar-refractivity contribution < 1.29 is 9.53 Å². The lowest BCUT2D eigenvalue weighted by Crippen LogP contribution is -2.33. The van der Waals surface area contributed by atoms with Crippen molar-refractivity contribution >= 4 is 6.09 Å². The van der Waals surface area contributed by atoms with E-state index in [4.69, 9.17) is 4.74 Å². The second-order valence-corrected chi connectivity index (χ2v) is 3.89. The summed E-state index contributed by atoms with van der Waals surface area (Å²) in [6, 6.07) is 0. The second kappa shape index (κ2) is 3.17. The Morgan fingerprint density at radius 2 is 2.17 bits per heavy atom. The molecule has 1 N–H and O–H groups in total. The van der Waals surface area contributed by atoms with E-state index in [9.17, 15) is 4.79 Å². The number of alkyl carbamates (subject to hydrolysis) is 1. The highest BCUT2D eigenvalue weighted by Gasteiger charge is 2.17. The predicted octanol–water partition coefficient (Wildman–Crippen LogP) is 2.19. The fraction of sp³-hybridized carbons (Fsp3) is 0.667. The summed E-state index contributed by atoms with van der Waals surface area (Å²) in [5.41, 5.74) is 0.568. The molecule has 0 saturated heterocycles. The molecule has 0 aromatic rings. The van der Waals surface area contributed by atoms with E-state index in [2.05, 4.69) is 5.32 Å². The fourth-order valence-corrected chi connectivity index (χ4v) is 0.837. The fourth-order valence-electron chi connectivity index (χ4n) is 0.837. The van der Waals surface area contributed by atoms with E-state index >= 15 is 0 Å². The summed E-state index contributed by atoms with van der Waals surface area (Å²) < 4.78 is 5.05. The maximum Gasteiger partial charge on any atom is 0.411 e. The van der Waals surface area contributed by atoms with Gasteiger partial charge in [0.15, 0.2) is 0 Å². The third kappa shape index (κ3) is 2.95. The van der Waals surface area contributed by atoms with E-state index in [0.717, 1.165) is 18.5 Å². The van der Waals surface area contributed by atoms with E-state index in [1.54, 1.807) is 0 Å². The van der Waals surface area contributed by atoms with E-state index in [-0.39, 0.29) is 6.09 Å². The number of carbonyl (C=O) groups is 1. The Labute approximate surface area is 72.8 Å².